The molecule has 0 fully saturated rings. The number of nitrogens with zero attached hydrogens (tertiary/aromatic N) is 3. The van der Waals surface area contributed by atoms with Gasteiger partial charge in [-0.1, -0.05) is 35.5 Å². The van der Waals surface area contributed by atoms with Crippen LogP contribution < -0.4 is 5.73 Å². The molecule has 1 heterocycles. The van der Waals surface area contributed by atoms with E-state index in [2.05, 4.69) is 10.3 Å². The Morgan fingerprint density at radius 2 is 2.00 bits per heavy atom. The molecule has 3 aromatic rings. The van der Waals surface area contributed by atoms with Crippen LogP contribution in [0.5, 0.6) is 0 Å². The fraction of sp³-hybridized carbons (Fsp3) is 0.133. The second kappa shape index (κ2) is 5.34. The zero-order valence-electron chi connectivity index (χ0n) is 11.2. The molecule has 6 nitrogen and oxygen atoms in total. The summed E-state index contributed by atoms with van der Waals surface area (Å²) in [5.41, 5.74) is 6.92. The van der Waals surface area contributed by atoms with Gasteiger partial charge in [0.05, 0.1) is 17.6 Å². The zero-order chi connectivity index (χ0) is 14.8. The molecular formula is C15H14N4O2. The van der Waals surface area contributed by atoms with Gasteiger partial charge in [-0.15, -0.1) is 5.10 Å². The largest absolute Gasteiger partial charge is 0.480 e. The lowest BCUT2D eigenvalue weighted by molar-refractivity contribution is -0.138. The predicted octanol–water partition coefficient (Wildman–Crippen LogP) is 1.37. The summed E-state index contributed by atoms with van der Waals surface area (Å²) in [6, 6.07) is 13.0. The molecule has 106 valence electrons. The molecule has 1 aromatic heterocycles. The fourth-order valence-electron chi connectivity index (χ4n) is 2.15. The van der Waals surface area contributed by atoms with Crippen LogP contribution in [0.4, 0.5) is 0 Å². The molecule has 3 N–H and O–H groups in total. The predicted molar refractivity (Wildman–Crippen MR) is 78.2 cm³/mol. The van der Waals surface area contributed by atoms with Crippen molar-refractivity contribution in [1.29, 1.82) is 0 Å². The number of carboxylic acids is 1. The van der Waals surface area contributed by atoms with Gasteiger partial charge >= 0.3 is 5.97 Å². The number of aliphatic carboxylic acids is 1. The monoisotopic (exact) mass is 282 g/mol. The van der Waals surface area contributed by atoms with Crippen molar-refractivity contribution in [1.82, 2.24) is 15.0 Å². The Morgan fingerprint density at radius 1 is 1.24 bits per heavy atom. The summed E-state index contributed by atoms with van der Waals surface area (Å²) in [4.78, 5) is 10.7. The lowest BCUT2D eigenvalue weighted by atomic mass is 10.1. The van der Waals surface area contributed by atoms with Crippen molar-refractivity contribution in [2.75, 3.05) is 0 Å². The van der Waals surface area contributed by atoms with Crippen LogP contribution in [-0.4, -0.2) is 32.1 Å². The summed E-state index contributed by atoms with van der Waals surface area (Å²) in [5, 5.41) is 19.0. The van der Waals surface area contributed by atoms with E-state index in [1.807, 2.05) is 42.5 Å². The Kier molecular flexibility index (Phi) is 3.37. The molecule has 0 saturated heterocycles. The maximum atomic E-state index is 10.7. The molecule has 6 heteroatoms. The highest BCUT2D eigenvalue weighted by Crippen LogP contribution is 2.18. The minimum Gasteiger partial charge on any atom is -0.480 e. The Morgan fingerprint density at radius 3 is 2.76 bits per heavy atom. The number of hydrogen-bond donors (Lipinski definition) is 2. The minimum absolute atomic E-state index is 0.156. The Bertz CT molecular complexity index is 797. The van der Waals surface area contributed by atoms with Gasteiger partial charge in [0.15, 0.2) is 0 Å². The van der Waals surface area contributed by atoms with Crippen LogP contribution in [0.3, 0.4) is 0 Å². The third-order valence-electron chi connectivity index (χ3n) is 3.28. The first-order valence-electron chi connectivity index (χ1n) is 6.52. The summed E-state index contributed by atoms with van der Waals surface area (Å²) < 4.78 is 1.62. The van der Waals surface area contributed by atoms with Gasteiger partial charge < -0.3 is 10.8 Å². The Hall–Kier alpha value is -2.73. The van der Waals surface area contributed by atoms with E-state index in [4.69, 9.17) is 10.8 Å². The van der Waals surface area contributed by atoms with Gasteiger partial charge in [-0.25, -0.2) is 4.68 Å². The van der Waals surface area contributed by atoms with Crippen molar-refractivity contribution in [3.8, 4) is 5.69 Å². The maximum Gasteiger partial charge on any atom is 0.320 e. The van der Waals surface area contributed by atoms with Crippen LogP contribution in [0, 0.1) is 0 Å². The van der Waals surface area contributed by atoms with E-state index in [1.165, 1.54) is 0 Å². The third-order valence-corrected chi connectivity index (χ3v) is 3.28. The van der Waals surface area contributed by atoms with Gasteiger partial charge in [-0.05, 0) is 22.9 Å². The van der Waals surface area contributed by atoms with Crippen LogP contribution in [0.2, 0.25) is 0 Å². The molecule has 21 heavy (non-hydrogen) atoms. The van der Waals surface area contributed by atoms with Crippen molar-refractivity contribution in [3.05, 3.63) is 54.4 Å². The molecular weight excluding hydrogens is 268 g/mol. The first-order chi connectivity index (χ1) is 10.1. The van der Waals surface area contributed by atoms with Crippen LogP contribution in [0.1, 0.15) is 5.69 Å². The summed E-state index contributed by atoms with van der Waals surface area (Å²) in [6.07, 6.45) is 1.86. The summed E-state index contributed by atoms with van der Waals surface area (Å²) in [6.45, 7) is 0. The molecule has 0 saturated carbocycles. The van der Waals surface area contributed by atoms with Crippen LogP contribution >= 0.6 is 0 Å². The van der Waals surface area contributed by atoms with Crippen molar-refractivity contribution >= 4 is 16.7 Å². The summed E-state index contributed by atoms with van der Waals surface area (Å²) >= 11 is 0. The average Bonchev–Trinajstić information content (AvgIpc) is 2.95. The van der Waals surface area contributed by atoms with Gasteiger partial charge in [-0.3, -0.25) is 4.79 Å². The van der Waals surface area contributed by atoms with E-state index < -0.39 is 12.0 Å². The highest BCUT2D eigenvalue weighted by Gasteiger charge is 2.14. The number of carbonyl (C=O) groups is 1. The molecule has 2 aromatic carbocycles. The SMILES string of the molecule is NC(Cc1cn(-c2ccc3ccccc3c2)nn1)C(=O)O. The van der Waals surface area contributed by atoms with Gasteiger partial charge in [-0.2, -0.15) is 0 Å². The number of carboxylic acid groups (broad SMARTS) is 1. The van der Waals surface area contributed by atoms with Gasteiger partial charge in [0.25, 0.3) is 0 Å². The number of aromatic nitrogens is 3. The topological polar surface area (TPSA) is 94.0 Å². The van der Waals surface area contributed by atoms with E-state index >= 15 is 0 Å². The molecule has 0 aliphatic carbocycles. The molecule has 0 aliphatic rings. The maximum absolute atomic E-state index is 10.7. The van der Waals surface area contributed by atoms with Gasteiger partial charge in [0, 0.05) is 6.42 Å². The molecule has 3 rings (SSSR count). The number of hydrogen-bond acceptors (Lipinski definition) is 4. The molecule has 0 radical (unpaired) electrons. The smallest absolute Gasteiger partial charge is 0.320 e. The van der Waals surface area contributed by atoms with Crippen LogP contribution in [0.25, 0.3) is 16.5 Å². The van der Waals surface area contributed by atoms with Gasteiger partial charge in [0.2, 0.25) is 0 Å². The first kappa shape index (κ1) is 13.3. The highest BCUT2D eigenvalue weighted by atomic mass is 16.4. The Balaban J connectivity index is 1.89. The van der Waals surface area contributed by atoms with Crippen molar-refractivity contribution in [2.24, 2.45) is 5.73 Å². The average molecular weight is 282 g/mol. The summed E-state index contributed by atoms with van der Waals surface area (Å²) in [7, 11) is 0. The molecule has 1 unspecified atom stereocenters. The highest BCUT2D eigenvalue weighted by molar-refractivity contribution is 5.84. The lowest BCUT2D eigenvalue weighted by Gasteiger charge is -2.03. The van der Waals surface area contributed by atoms with Gasteiger partial charge in [0.1, 0.15) is 6.04 Å². The van der Waals surface area contributed by atoms with Crippen LogP contribution in [0.15, 0.2) is 48.7 Å². The summed E-state index contributed by atoms with van der Waals surface area (Å²) in [5.74, 6) is -1.05. The second-order valence-electron chi connectivity index (χ2n) is 4.83. The number of benzene rings is 2. The number of rotatable bonds is 4. The fourth-order valence-corrected chi connectivity index (χ4v) is 2.15. The zero-order valence-corrected chi connectivity index (χ0v) is 11.2. The standard InChI is InChI=1S/C15H14N4O2/c16-14(15(20)21)8-12-9-19(18-17-12)13-6-5-10-3-1-2-4-11(10)7-13/h1-7,9,14H,8,16H2,(H,20,21). The normalized spacial score (nSPS) is 12.4. The van der Waals surface area contributed by atoms with E-state index in [1.54, 1.807) is 10.9 Å². The lowest BCUT2D eigenvalue weighted by Crippen LogP contribution is -2.32. The van der Waals surface area contributed by atoms with E-state index in [9.17, 15) is 4.79 Å². The van der Waals surface area contributed by atoms with Crippen molar-refractivity contribution in [2.45, 2.75) is 12.5 Å². The quantitative estimate of drug-likeness (QED) is 0.753. The third kappa shape index (κ3) is 2.75. The van der Waals surface area contributed by atoms with E-state index in [-0.39, 0.29) is 6.42 Å². The number of fused-ring (bicyclic) bond motifs is 1. The van der Waals surface area contributed by atoms with Crippen LogP contribution in [-0.2, 0) is 11.2 Å². The van der Waals surface area contributed by atoms with Crippen molar-refractivity contribution in [3.63, 3.8) is 0 Å². The first-order valence-corrected chi connectivity index (χ1v) is 6.52. The molecule has 0 bridgehead atoms. The number of nitrogens with two attached hydrogens (primary N) is 1. The van der Waals surface area contributed by atoms with E-state index in [0.29, 0.717) is 5.69 Å². The van der Waals surface area contributed by atoms with E-state index in [0.717, 1.165) is 16.5 Å². The van der Waals surface area contributed by atoms with Crippen molar-refractivity contribution < 1.29 is 9.90 Å². The molecule has 0 aliphatic heterocycles. The molecule has 0 spiro atoms. The molecule has 0 amide bonds. The Labute approximate surface area is 120 Å². The second-order valence-corrected chi connectivity index (χ2v) is 4.83. The molecule has 1 atom stereocenters. The minimum atomic E-state index is -1.05.